The molecule has 0 spiro atoms. The van der Waals surface area contributed by atoms with E-state index in [0.717, 1.165) is 0 Å². The Balaban J connectivity index is 2.49. The highest BCUT2D eigenvalue weighted by molar-refractivity contribution is 7.92. The lowest BCUT2D eigenvalue weighted by Gasteiger charge is -2.15. The number of ether oxygens (including phenoxy) is 1. The van der Waals surface area contributed by atoms with Crippen molar-refractivity contribution in [2.45, 2.75) is 25.3 Å². The fourth-order valence-corrected chi connectivity index (χ4v) is 3.81. The Morgan fingerprint density at radius 1 is 1.17 bits per heavy atom. The number of carbonyl (C=O) groups is 1. The SMILES string of the molecule is COCc1ccccc1NS(=O)(=O)c1cc(C(=O)O)c(C)cc1C. The van der Waals surface area contributed by atoms with E-state index in [9.17, 15) is 18.3 Å². The molecule has 0 saturated carbocycles. The number of nitrogens with one attached hydrogen (secondary N) is 1. The van der Waals surface area contributed by atoms with Gasteiger partial charge in [-0.3, -0.25) is 4.72 Å². The van der Waals surface area contributed by atoms with E-state index in [-0.39, 0.29) is 17.1 Å². The first-order chi connectivity index (χ1) is 11.3. The van der Waals surface area contributed by atoms with Crippen LogP contribution in [0.4, 0.5) is 5.69 Å². The Morgan fingerprint density at radius 2 is 1.83 bits per heavy atom. The fraction of sp³-hybridized carbons (Fsp3) is 0.235. The lowest BCUT2D eigenvalue weighted by molar-refractivity contribution is 0.0696. The Bertz CT molecular complexity index is 875. The number of anilines is 1. The van der Waals surface area contributed by atoms with Crippen molar-refractivity contribution >= 4 is 21.7 Å². The summed E-state index contributed by atoms with van der Waals surface area (Å²) >= 11 is 0. The predicted octanol–water partition coefficient (Wildman–Crippen LogP) is 2.95. The Morgan fingerprint density at radius 3 is 2.46 bits per heavy atom. The largest absolute Gasteiger partial charge is 0.478 e. The number of benzene rings is 2. The summed E-state index contributed by atoms with van der Waals surface area (Å²) in [5.41, 5.74) is 2.04. The molecule has 2 rings (SSSR count). The van der Waals surface area contributed by atoms with Gasteiger partial charge in [-0.2, -0.15) is 0 Å². The fourth-order valence-electron chi connectivity index (χ4n) is 2.45. The van der Waals surface area contributed by atoms with Crippen LogP contribution in [0.25, 0.3) is 0 Å². The molecule has 7 heteroatoms. The van der Waals surface area contributed by atoms with Gasteiger partial charge in [0.15, 0.2) is 0 Å². The number of carboxylic acid groups (broad SMARTS) is 1. The van der Waals surface area contributed by atoms with Crippen LogP contribution in [0.1, 0.15) is 27.0 Å². The molecule has 2 aromatic rings. The average Bonchev–Trinajstić information content (AvgIpc) is 2.48. The molecule has 0 radical (unpaired) electrons. The highest BCUT2D eigenvalue weighted by Gasteiger charge is 2.21. The second-order valence-corrected chi connectivity index (χ2v) is 7.08. The zero-order valence-electron chi connectivity index (χ0n) is 13.7. The average molecular weight is 349 g/mol. The van der Waals surface area contributed by atoms with Gasteiger partial charge in [-0.05, 0) is 37.1 Å². The van der Waals surface area contributed by atoms with Crippen LogP contribution < -0.4 is 4.72 Å². The molecule has 0 amide bonds. The standard InChI is InChI=1S/C17H19NO5S/c1-11-8-12(2)16(9-14(11)17(19)20)24(21,22)18-15-7-5-4-6-13(15)10-23-3/h4-9,18H,10H2,1-3H3,(H,19,20). The van der Waals surface area contributed by atoms with E-state index in [4.69, 9.17) is 4.74 Å². The molecule has 0 bridgehead atoms. The van der Waals surface area contributed by atoms with Crippen molar-refractivity contribution in [2.24, 2.45) is 0 Å². The first-order valence-electron chi connectivity index (χ1n) is 7.20. The third-order valence-electron chi connectivity index (χ3n) is 3.60. The smallest absolute Gasteiger partial charge is 0.335 e. The summed E-state index contributed by atoms with van der Waals surface area (Å²) in [4.78, 5) is 11.2. The van der Waals surface area contributed by atoms with Gasteiger partial charge < -0.3 is 9.84 Å². The molecule has 24 heavy (non-hydrogen) atoms. The van der Waals surface area contributed by atoms with Crippen LogP contribution in [0.15, 0.2) is 41.3 Å². The monoisotopic (exact) mass is 349 g/mol. The van der Waals surface area contributed by atoms with Gasteiger partial charge in [-0.15, -0.1) is 0 Å². The summed E-state index contributed by atoms with van der Waals surface area (Å²) < 4.78 is 33.0. The Hall–Kier alpha value is -2.38. The van der Waals surface area contributed by atoms with Crippen molar-refractivity contribution in [3.05, 3.63) is 58.7 Å². The normalized spacial score (nSPS) is 11.3. The lowest BCUT2D eigenvalue weighted by Crippen LogP contribution is -2.17. The second-order valence-electron chi connectivity index (χ2n) is 5.43. The van der Waals surface area contributed by atoms with Crippen molar-refractivity contribution in [2.75, 3.05) is 11.8 Å². The maximum absolute atomic E-state index is 12.7. The van der Waals surface area contributed by atoms with Crippen LogP contribution in [0.3, 0.4) is 0 Å². The van der Waals surface area contributed by atoms with Crippen molar-refractivity contribution in [3.8, 4) is 0 Å². The maximum Gasteiger partial charge on any atom is 0.335 e. The van der Waals surface area contributed by atoms with Gasteiger partial charge in [-0.1, -0.05) is 24.3 Å². The topological polar surface area (TPSA) is 92.7 Å². The minimum absolute atomic E-state index is 0.0360. The van der Waals surface area contributed by atoms with E-state index < -0.39 is 16.0 Å². The van der Waals surface area contributed by atoms with Crippen molar-refractivity contribution in [1.82, 2.24) is 0 Å². The molecule has 6 nitrogen and oxygen atoms in total. The molecule has 0 unspecified atom stereocenters. The van der Waals surface area contributed by atoms with Crippen LogP contribution in [0.2, 0.25) is 0 Å². The molecule has 2 aromatic carbocycles. The zero-order chi connectivity index (χ0) is 17.9. The summed E-state index contributed by atoms with van der Waals surface area (Å²) in [6, 6.07) is 9.63. The molecule has 0 aromatic heterocycles. The van der Waals surface area contributed by atoms with Crippen LogP contribution in [-0.2, 0) is 21.4 Å². The number of carboxylic acids is 1. The molecule has 128 valence electrons. The van der Waals surface area contributed by atoms with Crippen LogP contribution in [-0.4, -0.2) is 26.6 Å². The number of hydrogen-bond acceptors (Lipinski definition) is 4. The van der Waals surface area contributed by atoms with Crippen LogP contribution >= 0.6 is 0 Å². The van der Waals surface area contributed by atoms with E-state index in [0.29, 0.717) is 22.4 Å². The van der Waals surface area contributed by atoms with Gasteiger partial charge >= 0.3 is 5.97 Å². The van der Waals surface area contributed by atoms with E-state index >= 15 is 0 Å². The first-order valence-corrected chi connectivity index (χ1v) is 8.69. The van der Waals surface area contributed by atoms with Gasteiger partial charge in [-0.25, -0.2) is 13.2 Å². The second kappa shape index (κ2) is 7.02. The number of methoxy groups -OCH3 is 1. The molecule has 0 heterocycles. The highest BCUT2D eigenvalue weighted by Crippen LogP contribution is 2.25. The Kier molecular flexibility index (Phi) is 5.26. The van der Waals surface area contributed by atoms with E-state index in [1.807, 2.05) is 0 Å². The van der Waals surface area contributed by atoms with E-state index in [1.165, 1.54) is 13.2 Å². The van der Waals surface area contributed by atoms with E-state index in [1.54, 1.807) is 44.2 Å². The minimum atomic E-state index is -3.93. The van der Waals surface area contributed by atoms with Crippen molar-refractivity contribution in [1.29, 1.82) is 0 Å². The summed E-state index contributed by atoms with van der Waals surface area (Å²) in [5, 5.41) is 9.22. The van der Waals surface area contributed by atoms with Gasteiger partial charge in [0.05, 0.1) is 22.8 Å². The molecule has 0 atom stereocenters. The maximum atomic E-state index is 12.7. The van der Waals surface area contributed by atoms with Gasteiger partial charge in [0.1, 0.15) is 0 Å². The Labute approximate surface area is 141 Å². The van der Waals surface area contributed by atoms with Gasteiger partial charge in [0.2, 0.25) is 0 Å². The van der Waals surface area contributed by atoms with Gasteiger partial charge in [0.25, 0.3) is 10.0 Å². The quantitative estimate of drug-likeness (QED) is 0.836. The third kappa shape index (κ3) is 3.74. The molecule has 0 aliphatic rings. The van der Waals surface area contributed by atoms with Crippen LogP contribution in [0.5, 0.6) is 0 Å². The summed E-state index contributed by atoms with van der Waals surface area (Å²) in [6.45, 7) is 3.52. The first kappa shape index (κ1) is 18.0. The van der Waals surface area contributed by atoms with Gasteiger partial charge in [0, 0.05) is 12.7 Å². The summed E-state index contributed by atoms with van der Waals surface area (Å²) in [7, 11) is -2.40. The molecular formula is C17H19NO5S. The number of rotatable bonds is 6. The zero-order valence-corrected chi connectivity index (χ0v) is 14.5. The molecule has 2 N–H and O–H groups in total. The number of para-hydroxylation sites is 1. The highest BCUT2D eigenvalue weighted by atomic mass is 32.2. The van der Waals surface area contributed by atoms with Crippen molar-refractivity contribution < 1.29 is 23.1 Å². The molecular weight excluding hydrogens is 330 g/mol. The van der Waals surface area contributed by atoms with Crippen molar-refractivity contribution in [3.63, 3.8) is 0 Å². The molecule has 0 aliphatic carbocycles. The minimum Gasteiger partial charge on any atom is -0.478 e. The predicted molar refractivity (Wildman–Crippen MR) is 90.8 cm³/mol. The molecule has 0 fully saturated rings. The molecule has 0 saturated heterocycles. The number of aryl methyl sites for hydroxylation is 2. The number of sulfonamides is 1. The number of aromatic carboxylic acids is 1. The lowest BCUT2D eigenvalue weighted by atomic mass is 10.1. The molecule has 0 aliphatic heterocycles. The number of hydrogen-bond donors (Lipinski definition) is 2. The van der Waals surface area contributed by atoms with E-state index in [2.05, 4.69) is 4.72 Å². The third-order valence-corrected chi connectivity index (χ3v) is 5.11. The van der Waals surface area contributed by atoms with Crippen LogP contribution in [0, 0.1) is 13.8 Å². The summed E-state index contributed by atoms with van der Waals surface area (Å²) in [5.74, 6) is -1.16. The summed E-state index contributed by atoms with van der Waals surface area (Å²) in [6.07, 6.45) is 0.